The average molecular weight is 463 g/mol. The quantitative estimate of drug-likeness (QED) is 0.685. The van der Waals surface area contributed by atoms with Crippen LogP contribution in [0.5, 0.6) is 0 Å². The number of hydrogen-bond acceptors (Lipinski definition) is 3. The highest BCUT2D eigenvalue weighted by Crippen LogP contribution is 2.32. The van der Waals surface area contributed by atoms with Crippen molar-refractivity contribution >= 4 is 37.5 Å². The lowest BCUT2D eigenvalue weighted by Gasteiger charge is -2.32. The fourth-order valence-corrected chi connectivity index (χ4v) is 6.25. The van der Waals surface area contributed by atoms with Gasteiger partial charge >= 0.3 is 0 Å². The lowest BCUT2D eigenvalue weighted by Crippen LogP contribution is -2.42. The Hall–Kier alpha value is -1.70. The second kappa shape index (κ2) is 7.61. The van der Waals surface area contributed by atoms with Crippen molar-refractivity contribution in [3.63, 3.8) is 0 Å². The van der Waals surface area contributed by atoms with E-state index in [0.29, 0.717) is 18.7 Å². The van der Waals surface area contributed by atoms with Gasteiger partial charge in [0.1, 0.15) is 0 Å². The summed E-state index contributed by atoms with van der Waals surface area (Å²) < 4.78 is 28.8. The van der Waals surface area contributed by atoms with E-state index in [1.54, 1.807) is 27.4 Å². The summed E-state index contributed by atoms with van der Waals surface area (Å²) in [6, 6.07) is 12.3. The topological polar surface area (TPSA) is 57.7 Å². The molecule has 0 N–H and O–H groups in total. The van der Waals surface area contributed by atoms with Gasteiger partial charge < -0.3 is 4.90 Å². The first-order valence-electron chi connectivity index (χ1n) is 9.60. The molecule has 2 aromatic carbocycles. The summed E-state index contributed by atoms with van der Waals surface area (Å²) in [6.07, 6.45) is 3.60. The van der Waals surface area contributed by atoms with Crippen LogP contribution in [0.1, 0.15) is 42.1 Å². The van der Waals surface area contributed by atoms with Gasteiger partial charge in [0.2, 0.25) is 10.0 Å². The number of sulfonamides is 1. The molecule has 0 radical (unpaired) electrons. The zero-order valence-corrected chi connectivity index (χ0v) is 18.2. The minimum absolute atomic E-state index is 0.0120. The van der Waals surface area contributed by atoms with Gasteiger partial charge in [-0.1, -0.05) is 28.4 Å². The molecule has 0 aromatic heterocycles. The lowest BCUT2D eigenvalue weighted by atomic mass is 10.1. The van der Waals surface area contributed by atoms with E-state index in [4.69, 9.17) is 0 Å². The normalized spacial score (nSPS) is 20.2. The average Bonchev–Trinajstić information content (AvgIpc) is 3.10. The summed E-state index contributed by atoms with van der Waals surface area (Å²) in [5.74, 6) is -0.162. The molecule has 28 heavy (non-hydrogen) atoms. The summed E-state index contributed by atoms with van der Waals surface area (Å²) >= 11 is 3.47. The molecule has 5 nitrogen and oxygen atoms in total. The van der Waals surface area contributed by atoms with E-state index in [1.807, 2.05) is 25.1 Å². The number of carbonyl (C=O) groups excluding carboxylic acids is 1. The molecule has 148 valence electrons. The van der Waals surface area contributed by atoms with Crippen LogP contribution in [0.15, 0.2) is 51.8 Å². The van der Waals surface area contributed by atoms with Crippen LogP contribution in [-0.2, 0) is 16.4 Å². The van der Waals surface area contributed by atoms with Crippen LogP contribution in [0.3, 0.4) is 0 Å². The number of piperidine rings is 1. The van der Waals surface area contributed by atoms with E-state index in [9.17, 15) is 13.2 Å². The Kier molecular flexibility index (Phi) is 5.33. The van der Waals surface area contributed by atoms with E-state index >= 15 is 0 Å². The molecule has 1 saturated heterocycles. The number of rotatable bonds is 3. The predicted molar refractivity (Wildman–Crippen MR) is 113 cm³/mol. The summed E-state index contributed by atoms with van der Waals surface area (Å²) in [5.41, 5.74) is 2.42. The third kappa shape index (κ3) is 3.51. The van der Waals surface area contributed by atoms with E-state index in [1.165, 1.54) is 6.07 Å². The fraction of sp³-hybridized carbons (Fsp3) is 0.381. The molecule has 2 aromatic rings. The van der Waals surface area contributed by atoms with Crippen molar-refractivity contribution in [2.75, 3.05) is 18.0 Å². The maximum Gasteiger partial charge on any atom is 0.258 e. The minimum Gasteiger partial charge on any atom is -0.308 e. The Balaban J connectivity index is 1.64. The van der Waals surface area contributed by atoms with Gasteiger partial charge in [0, 0.05) is 34.9 Å². The Bertz CT molecular complexity index is 1020. The van der Waals surface area contributed by atoms with Crippen molar-refractivity contribution in [2.24, 2.45) is 0 Å². The molecular formula is C21H23BrN2O3S. The first kappa shape index (κ1) is 19.6. The van der Waals surface area contributed by atoms with Crippen LogP contribution in [0.2, 0.25) is 0 Å². The molecule has 2 heterocycles. The number of fused-ring (bicyclic) bond motifs is 1. The second-order valence-electron chi connectivity index (χ2n) is 7.47. The van der Waals surface area contributed by atoms with Gasteiger partial charge in [0.05, 0.1) is 4.90 Å². The standard InChI is InChI=1S/C21H23BrN2O3S/c1-15-5-2-3-11-24(15)28(26,27)19-7-4-6-17(14-19)21(25)23-12-10-16-13-18(22)8-9-20(16)23/h4,6-9,13-15H,2-3,5,10-12H2,1H3. The number of amides is 1. The molecule has 1 fully saturated rings. The highest BCUT2D eigenvalue weighted by molar-refractivity contribution is 9.10. The number of hydrogen-bond donors (Lipinski definition) is 0. The number of nitrogens with zero attached hydrogens (tertiary/aromatic N) is 2. The zero-order chi connectivity index (χ0) is 19.9. The first-order chi connectivity index (χ1) is 13.4. The highest BCUT2D eigenvalue weighted by atomic mass is 79.9. The zero-order valence-electron chi connectivity index (χ0n) is 15.8. The van der Waals surface area contributed by atoms with Crippen LogP contribution in [0.25, 0.3) is 0 Å². The van der Waals surface area contributed by atoms with Crippen molar-refractivity contribution < 1.29 is 13.2 Å². The first-order valence-corrected chi connectivity index (χ1v) is 11.8. The highest BCUT2D eigenvalue weighted by Gasteiger charge is 2.32. The minimum atomic E-state index is -3.60. The SMILES string of the molecule is CC1CCCCN1S(=O)(=O)c1cccc(C(=O)N2CCc3cc(Br)ccc32)c1. The Morgan fingerprint density at radius 2 is 1.93 bits per heavy atom. The molecule has 1 unspecified atom stereocenters. The molecule has 0 aliphatic carbocycles. The molecule has 1 atom stereocenters. The largest absolute Gasteiger partial charge is 0.308 e. The monoisotopic (exact) mass is 462 g/mol. The maximum atomic E-state index is 13.1. The fourth-order valence-electron chi connectivity index (χ4n) is 4.09. The lowest BCUT2D eigenvalue weighted by molar-refractivity contribution is 0.0989. The molecule has 7 heteroatoms. The molecule has 1 amide bonds. The molecule has 0 bridgehead atoms. The third-order valence-corrected chi connectivity index (χ3v) is 8.11. The summed E-state index contributed by atoms with van der Waals surface area (Å²) in [6.45, 7) is 3.09. The molecule has 0 saturated carbocycles. The number of benzene rings is 2. The van der Waals surface area contributed by atoms with Gasteiger partial charge in [-0.25, -0.2) is 8.42 Å². The van der Waals surface area contributed by atoms with Gasteiger partial charge in [-0.05, 0) is 68.1 Å². The van der Waals surface area contributed by atoms with Gasteiger partial charge in [0.15, 0.2) is 0 Å². The van der Waals surface area contributed by atoms with Crippen LogP contribution in [0, 0.1) is 0 Å². The van der Waals surface area contributed by atoms with Gasteiger partial charge in [-0.3, -0.25) is 4.79 Å². The van der Waals surface area contributed by atoms with Crippen molar-refractivity contribution in [3.05, 3.63) is 58.1 Å². The van der Waals surface area contributed by atoms with Crippen LogP contribution in [-0.4, -0.2) is 37.8 Å². The van der Waals surface area contributed by atoms with Gasteiger partial charge in [0.25, 0.3) is 5.91 Å². The molecule has 0 spiro atoms. The van der Waals surface area contributed by atoms with Crippen LogP contribution in [0.4, 0.5) is 5.69 Å². The van der Waals surface area contributed by atoms with Crippen molar-refractivity contribution in [1.82, 2.24) is 4.31 Å². The number of carbonyl (C=O) groups is 1. The van der Waals surface area contributed by atoms with E-state index < -0.39 is 10.0 Å². The van der Waals surface area contributed by atoms with Gasteiger partial charge in [-0.2, -0.15) is 4.31 Å². The Morgan fingerprint density at radius 1 is 1.11 bits per heavy atom. The van der Waals surface area contributed by atoms with E-state index in [2.05, 4.69) is 15.9 Å². The number of halogens is 1. The smallest absolute Gasteiger partial charge is 0.258 e. The van der Waals surface area contributed by atoms with E-state index in [-0.39, 0.29) is 16.8 Å². The summed E-state index contributed by atoms with van der Waals surface area (Å²) in [5, 5.41) is 0. The summed E-state index contributed by atoms with van der Waals surface area (Å²) in [4.78, 5) is 15.0. The number of anilines is 1. The van der Waals surface area contributed by atoms with Crippen molar-refractivity contribution in [3.8, 4) is 0 Å². The van der Waals surface area contributed by atoms with Crippen molar-refractivity contribution in [2.45, 2.75) is 43.5 Å². The Morgan fingerprint density at radius 3 is 2.71 bits per heavy atom. The molecule has 4 rings (SSSR count). The molecular weight excluding hydrogens is 440 g/mol. The maximum absolute atomic E-state index is 13.1. The summed E-state index contributed by atoms with van der Waals surface area (Å²) in [7, 11) is -3.60. The third-order valence-electron chi connectivity index (χ3n) is 5.61. The molecule has 2 aliphatic heterocycles. The van der Waals surface area contributed by atoms with E-state index in [0.717, 1.165) is 41.4 Å². The Labute approximate surface area is 174 Å². The van der Waals surface area contributed by atoms with Gasteiger partial charge in [-0.15, -0.1) is 0 Å². The van der Waals surface area contributed by atoms with Crippen LogP contribution < -0.4 is 4.90 Å². The second-order valence-corrected chi connectivity index (χ2v) is 10.3. The predicted octanol–water partition coefficient (Wildman–Crippen LogP) is 4.22. The van der Waals surface area contributed by atoms with Crippen molar-refractivity contribution in [1.29, 1.82) is 0 Å². The molecule has 2 aliphatic rings. The van der Waals surface area contributed by atoms with Crippen LogP contribution >= 0.6 is 15.9 Å².